The minimum absolute atomic E-state index is 0.0212. The van der Waals surface area contributed by atoms with Gasteiger partial charge in [-0.1, -0.05) is 26.7 Å². The molecule has 1 unspecified atom stereocenters. The van der Waals surface area contributed by atoms with Crippen molar-refractivity contribution in [1.82, 2.24) is 10.6 Å². The summed E-state index contributed by atoms with van der Waals surface area (Å²) in [6, 6.07) is 0. The maximum atomic E-state index is 11.4. The van der Waals surface area contributed by atoms with E-state index in [9.17, 15) is 9.59 Å². The van der Waals surface area contributed by atoms with E-state index in [1.165, 1.54) is 11.8 Å². The third-order valence-electron chi connectivity index (χ3n) is 2.68. The van der Waals surface area contributed by atoms with E-state index in [0.717, 1.165) is 31.6 Å². The van der Waals surface area contributed by atoms with E-state index in [1.807, 2.05) is 0 Å². The quantitative estimate of drug-likeness (QED) is 0.490. The monoisotopic (exact) mass is 289 g/mol. The summed E-state index contributed by atoms with van der Waals surface area (Å²) in [4.78, 5) is 22.8. The van der Waals surface area contributed by atoms with Crippen LogP contribution in [0.3, 0.4) is 0 Å². The van der Waals surface area contributed by atoms with E-state index in [0.29, 0.717) is 18.8 Å². The fourth-order valence-corrected chi connectivity index (χ4v) is 2.02. The number of rotatable bonds is 11. The van der Waals surface area contributed by atoms with Crippen molar-refractivity contribution in [3.63, 3.8) is 0 Å². The van der Waals surface area contributed by atoms with E-state index < -0.39 is 0 Å². The number of hydrogen-bond donors (Lipinski definition) is 3. The Labute approximate surface area is 120 Å². The number of nitrogens with two attached hydrogens (primary N) is 1. The van der Waals surface area contributed by atoms with Crippen LogP contribution in [0.4, 0.5) is 0 Å². The van der Waals surface area contributed by atoms with E-state index in [4.69, 9.17) is 5.73 Å². The Morgan fingerprint density at radius 3 is 2.58 bits per heavy atom. The molecule has 1 atom stereocenters. The summed E-state index contributed by atoms with van der Waals surface area (Å²) in [5.41, 5.74) is 5.39. The molecule has 0 aliphatic heterocycles. The predicted molar refractivity (Wildman–Crippen MR) is 81.1 cm³/mol. The lowest BCUT2D eigenvalue weighted by Crippen LogP contribution is -2.34. The fraction of sp³-hybridized carbons (Fsp3) is 0.846. The van der Waals surface area contributed by atoms with Crippen LogP contribution in [0.1, 0.15) is 33.1 Å². The van der Waals surface area contributed by atoms with Crippen LogP contribution in [0.15, 0.2) is 0 Å². The summed E-state index contributed by atoms with van der Waals surface area (Å²) in [6.45, 7) is 5.64. The van der Waals surface area contributed by atoms with Gasteiger partial charge in [0, 0.05) is 31.3 Å². The summed E-state index contributed by atoms with van der Waals surface area (Å²) < 4.78 is 0. The molecule has 0 fully saturated rings. The Bertz CT molecular complexity index is 262. The minimum atomic E-state index is -0.146. The molecule has 0 aliphatic rings. The van der Waals surface area contributed by atoms with Crippen LogP contribution in [-0.4, -0.2) is 43.0 Å². The maximum Gasteiger partial charge on any atom is 0.229 e. The third kappa shape index (κ3) is 10.8. The summed E-state index contributed by atoms with van der Waals surface area (Å²) in [6.07, 6.45) is 3.35. The second kappa shape index (κ2) is 12.3. The molecule has 0 aromatic rings. The molecule has 5 nitrogen and oxygen atoms in total. The van der Waals surface area contributed by atoms with Gasteiger partial charge in [0.25, 0.3) is 0 Å². The Morgan fingerprint density at radius 1 is 1.21 bits per heavy atom. The summed E-state index contributed by atoms with van der Waals surface area (Å²) in [5.74, 6) is 1.10. The van der Waals surface area contributed by atoms with Crippen LogP contribution in [-0.2, 0) is 9.59 Å². The maximum absolute atomic E-state index is 11.4. The number of hydrogen-bond acceptors (Lipinski definition) is 4. The van der Waals surface area contributed by atoms with Crippen molar-refractivity contribution in [2.45, 2.75) is 33.1 Å². The van der Waals surface area contributed by atoms with Gasteiger partial charge in [0.2, 0.25) is 11.8 Å². The van der Waals surface area contributed by atoms with Gasteiger partial charge in [0.05, 0.1) is 5.75 Å². The SMILES string of the molecule is CCCCCNC(=O)CSCCNC(=O)C(C)CN. The van der Waals surface area contributed by atoms with Crippen LogP contribution in [0.25, 0.3) is 0 Å². The van der Waals surface area contributed by atoms with Crippen molar-refractivity contribution < 1.29 is 9.59 Å². The molecule has 6 heteroatoms. The van der Waals surface area contributed by atoms with E-state index in [2.05, 4.69) is 17.6 Å². The van der Waals surface area contributed by atoms with Crippen molar-refractivity contribution in [3.8, 4) is 0 Å². The summed E-state index contributed by atoms with van der Waals surface area (Å²) in [5, 5.41) is 5.68. The van der Waals surface area contributed by atoms with Gasteiger partial charge < -0.3 is 16.4 Å². The lowest BCUT2D eigenvalue weighted by Gasteiger charge is -2.09. The van der Waals surface area contributed by atoms with Gasteiger partial charge in [-0.15, -0.1) is 0 Å². The normalized spacial score (nSPS) is 11.9. The molecule has 0 aliphatic carbocycles. The number of thioether (sulfide) groups is 1. The average Bonchev–Trinajstić information content (AvgIpc) is 2.42. The van der Waals surface area contributed by atoms with Crippen LogP contribution < -0.4 is 16.4 Å². The molecule has 0 rings (SSSR count). The van der Waals surface area contributed by atoms with Gasteiger partial charge in [-0.05, 0) is 6.42 Å². The first kappa shape index (κ1) is 18.2. The molecule has 0 bridgehead atoms. The number of carbonyl (C=O) groups is 2. The second-order valence-electron chi connectivity index (χ2n) is 4.54. The first-order valence-electron chi connectivity index (χ1n) is 6.94. The number of nitrogens with one attached hydrogen (secondary N) is 2. The summed E-state index contributed by atoms with van der Waals surface area (Å²) >= 11 is 1.53. The standard InChI is InChI=1S/C13H27N3O2S/c1-3-4-5-6-15-12(17)10-19-8-7-16-13(18)11(2)9-14/h11H,3-10,14H2,1-2H3,(H,15,17)(H,16,18). The zero-order chi connectivity index (χ0) is 14.5. The predicted octanol–water partition coefficient (Wildman–Crippen LogP) is 0.737. The lowest BCUT2D eigenvalue weighted by atomic mass is 10.2. The topological polar surface area (TPSA) is 84.2 Å². The first-order valence-corrected chi connectivity index (χ1v) is 8.09. The zero-order valence-corrected chi connectivity index (χ0v) is 12.9. The number of carbonyl (C=O) groups excluding carboxylic acids is 2. The Kier molecular flexibility index (Phi) is 11.8. The van der Waals surface area contributed by atoms with Crippen molar-refractivity contribution in [1.29, 1.82) is 0 Å². The van der Waals surface area contributed by atoms with Gasteiger partial charge in [-0.25, -0.2) is 0 Å². The molecule has 0 aromatic heterocycles. The molecule has 0 radical (unpaired) electrons. The zero-order valence-electron chi connectivity index (χ0n) is 12.0. The van der Waals surface area contributed by atoms with Gasteiger partial charge in [0.15, 0.2) is 0 Å². The molecule has 2 amide bonds. The van der Waals surface area contributed by atoms with Gasteiger partial charge in [-0.2, -0.15) is 11.8 Å². The van der Waals surface area contributed by atoms with E-state index >= 15 is 0 Å². The minimum Gasteiger partial charge on any atom is -0.355 e. The Hall–Kier alpha value is -0.750. The molecule has 0 aromatic carbocycles. The summed E-state index contributed by atoms with van der Waals surface area (Å²) in [7, 11) is 0. The highest BCUT2D eigenvalue weighted by atomic mass is 32.2. The van der Waals surface area contributed by atoms with Crippen molar-refractivity contribution >= 4 is 23.6 Å². The number of amides is 2. The molecule has 0 heterocycles. The van der Waals surface area contributed by atoms with Crippen LogP contribution in [0.2, 0.25) is 0 Å². The van der Waals surface area contributed by atoms with Crippen molar-refractivity contribution in [3.05, 3.63) is 0 Å². The highest BCUT2D eigenvalue weighted by Gasteiger charge is 2.09. The molecule has 4 N–H and O–H groups in total. The van der Waals surface area contributed by atoms with Crippen LogP contribution in [0.5, 0.6) is 0 Å². The molecule has 19 heavy (non-hydrogen) atoms. The molecular formula is C13H27N3O2S. The highest BCUT2D eigenvalue weighted by molar-refractivity contribution is 7.99. The highest BCUT2D eigenvalue weighted by Crippen LogP contribution is 1.99. The molecular weight excluding hydrogens is 262 g/mol. The molecule has 112 valence electrons. The lowest BCUT2D eigenvalue weighted by molar-refractivity contribution is -0.124. The molecule has 0 saturated heterocycles. The Balaban J connectivity index is 3.38. The molecule has 0 saturated carbocycles. The third-order valence-corrected chi connectivity index (χ3v) is 3.64. The average molecular weight is 289 g/mol. The van der Waals surface area contributed by atoms with Crippen LogP contribution >= 0.6 is 11.8 Å². The largest absolute Gasteiger partial charge is 0.355 e. The number of unbranched alkanes of at least 4 members (excludes halogenated alkanes) is 2. The fourth-order valence-electron chi connectivity index (χ4n) is 1.35. The first-order chi connectivity index (χ1) is 9.11. The molecule has 0 spiro atoms. The van der Waals surface area contributed by atoms with Crippen LogP contribution in [0, 0.1) is 5.92 Å². The van der Waals surface area contributed by atoms with Gasteiger partial charge in [-0.3, -0.25) is 9.59 Å². The second-order valence-corrected chi connectivity index (χ2v) is 5.64. The van der Waals surface area contributed by atoms with E-state index in [1.54, 1.807) is 6.92 Å². The van der Waals surface area contributed by atoms with Crippen molar-refractivity contribution in [2.24, 2.45) is 11.7 Å². The van der Waals surface area contributed by atoms with E-state index in [-0.39, 0.29) is 17.7 Å². The smallest absolute Gasteiger partial charge is 0.229 e. The van der Waals surface area contributed by atoms with Gasteiger partial charge >= 0.3 is 0 Å². The van der Waals surface area contributed by atoms with Crippen molar-refractivity contribution in [2.75, 3.05) is 31.1 Å². The Morgan fingerprint density at radius 2 is 1.95 bits per heavy atom. The van der Waals surface area contributed by atoms with Gasteiger partial charge in [0.1, 0.15) is 0 Å².